The van der Waals surface area contributed by atoms with E-state index in [0.29, 0.717) is 12.8 Å². The van der Waals surface area contributed by atoms with E-state index in [2.05, 4.69) is 9.71 Å². The predicted octanol–water partition coefficient (Wildman–Crippen LogP) is 1.07. The predicted molar refractivity (Wildman–Crippen MR) is 61.4 cm³/mol. The van der Waals surface area contributed by atoms with E-state index < -0.39 is 16.0 Å². The highest BCUT2D eigenvalue weighted by Gasteiger charge is 2.31. The van der Waals surface area contributed by atoms with E-state index >= 15 is 0 Å². The van der Waals surface area contributed by atoms with Gasteiger partial charge in [0.2, 0.25) is 10.0 Å². The third kappa shape index (κ3) is 2.55. The molecule has 1 saturated carbocycles. The molecule has 0 unspecified atom stereocenters. The minimum Gasteiger partial charge on any atom is -0.478 e. The second-order valence-corrected chi connectivity index (χ2v) is 5.90. The van der Waals surface area contributed by atoms with Gasteiger partial charge >= 0.3 is 5.97 Å². The van der Waals surface area contributed by atoms with E-state index in [-0.39, 0.29) is 16.6 Å². The number of carbonyl (C=O) groups is 1. The molecular formula is C10H12N2O4S. The largest absolute Gasteiger partial charge is 0.478 e. The zero-order valence-corrected chi connectivity index (χ0v) is 9.77. The zero-order chi connectivity index (χ0) is 12.5. The van der Waals surface area contributed by atoms with Crippen LogP contribution in [0, 0.1) is 0 Å². The Bertz CT molecular complexity index is 537. The number of carboxylic acids is 1. The first-order chi connectivity index (χ1) is 7.99. The molecule has 1 aromatic rings. The van der Waals surface area contributed by atoms with Crippen LogP contribution in [0.5, 0.6) is 0 Å². The number of anilines is 1. The number of hydrogen-bond donors (Lipinski definition) is 2. The fourth-order valence-corrected chi connectivity index (χ4v) is 3.05. The van der Waals surface area contributed by atoms with Crippen molar-refractivity contribution in [1.29, 1.82) is 0 Å². The molecule has 1 fully saturated rings. The molecule has 7 heteroatoms. The van der Waals surface area contributed by atoms with Crippen molar-refractivity contribution in [3.05, 3.63) is 23.9 Å². The molecule has 0 aromatic carbocycles. The minimum atomic E-state index is -3.42. The minimum absolute atomic E-state index is 0.00584. The number of nitrogens with zero attached hydrogens (tertiary/aromatic N) is 1. The van der Waals surface area contributed by atoms with Crippen LogP contribution in [-0.4, -0.2) is 29.7 Å². The Morgan fingerprint density at radius 1 is 1.47 bits per heavy atom. The number of aromatic carboxylic acids is 1. The molecule has 2 rings (SSSR count). The summed E-state index contributed by atoms with van der Waals surface area (Å²) in [5.41, 5.74) is 0.00584. The molecule has 1 aliphatic rings. The standard InChI is InChI=1S/C10H12N2O4S/c13-10(14)7-4-5-11-9(6-7)12-17(15,16)8-2-1-3-8/h4-6,8H,1-3H2,(H,11,12)(H,13,14). The van der Waals surface area contributed by atoms with E-state index in [1.807, 2.05) is 0 Å². The fourth-order valence-electron chi connectivity index (χ4n) is 1.53. The van der Waals surface area contributed by atoms with Gasteiger partial charge in [-0.2, -0.15) is 0 Å². The molecule has 0 saturated heterocycles. The van der Waals surface area contributed by atoms with Crippen molar-refractivity contribution in [2.45, 2.75) is 24.5 Å². The number of hydrogen-bond acceptors (Lipinski definition) is 4. The van der Waals surface area contributed by atoms with Crippen molar-refractivity contribution in [1.82, 2.24) is 4.98 Å². The lowest BCUT2D eigenvalue weighted by Crippen LogP contribution is -2.33. The summed E-state index contributed by atoms with van der Waals surface area (Å²) in [6.07, 6.45) is 3.47. The highest BCUT2D eigenvalue weighted by Crippen LogP contribution is 2.27. The number of nitrogens with one attached hydrogen (secondary N) is 1. The molecule has 2 N–H and O–H groups in total. The maximum atomic E-state index is 11.8. The summed E-state index contributed by atoms with van der Waals surface area (Å²) < 4.78 is 25.8. The molecule has 0 radical (unpaired) electrons. The van der Waals surface area contributed by atoms with Crippen LogP contribution < -0.4 is 4.72 Å². The van der Waals surface area contributed by atoms with Gasteiger partial charge in [0.15, 0.2) is 0 Å². The molecule has 1 aromatic heterocycles. The highest BCUT2D eigenvalue weighted by molar-refractivity contribution is 7.93. The van der Waals surface area contributed by atoms with E-state index in [1.165, 1.54) is 18.3 Å². The van der Waals surface area contributed by atoms with Crippen LogP contribution >= 0.6 is 0 Å². The molecule has 0 atom stereocenters. The van der Waals surface area contributed by atoms with Crippen molar-refractivity contribution in [2.24, 2.45) is 0 Å². The summed E-state index contributed by atoms with van der Waals surface area (Å²) in [7, 11) is -3.42. The summed E-state index contributed by atoms with van der Waals surface area (Å²) in [6, 6.07) is 2.52. The Hall–Kier alpha value is -1.63. The lowest BCUT2D eigenvalue weighted by Gasteiger charge is -2.25. The Morgan fingerprint density at radius 2 is 2.18 bits per heavy atom. The molecule has 0 amide bonds. The molecule has 0 spiro atoms. The van der Waals surface area contributed by atoms with E-state index in [9.17, 15) is 13.2 Å². The number of aromatic nitrogens is 1. The molecule has 0 bridgehead atoms. The second kappa shape index (κ2) is 4.33. The Balaban J connectivity index is 2.18. The van der Waals surface area contributed by atoms with Crippen LogP contribution in [0.25, 0.3) is 0 Å². The van der Waals surface area contributed by atoms with Gasteiger partial charge in [-0.15, -0.1) is 0 Å². The average molecular weight is 256 g/mol. The first-order valence-corrected chi connectivity index (χ1v) is 6.74. The van der Waals surface area contributed by atoms with E-state index in [4.69, 9.17) is 5.11 Å². The normalized spacial score (nSPS) is 16.2. The van der Waals surface area contributed by atoms with Gasteiger partial charge in [-0.1, -0.05) is 6.42 Å². The number of pyridine rings is 1. The SMILES string of the molecule is O=C(O)c1ccnc(NS(=O)(=O)C2CCC2)c1. The van der Waals surface area contributed by atoms with Gasteiger partial charge in [0.25, 0.3) is 0 Å². The van der Waals surface area contributed by atoms with Crippen molar-refractivity contribution in [3.8, 4) is 0 Å². The molecular weight excluding hydrogens is 244 g/mol. The van der Waals surface area contributed by atoms with Crippen molar-refractivity contribution < 1.29 is 18.3 Å². The third-order valence-corrected chi connectivity index (χ3v) is 4.59. The van der Waals surface area contributed by atoms with Gasteiger partial charge in [0, 0.05) is 6.20 Å². The lowest BCUT2D eigenvalue weighted by atomic mass is 10.0. The molecule has 1 heterocycles. The summed E-state index contributed by atoms with van der Waals surface area (Å²) >= 11 is 0. The molecule has 6 nitrogen and oxygen atoms in total. The molecule has 92 valence electrons. The lowest BCUT2D eigenvalue weighted by molar-refractivity contribution is 0.0697. The van der Waals surface area contributed by atoms with E-state index in [1.54, 1.807) is 0 Å². The van der Waals surface area contributed by atoms with Gasteiger partial charge in [-0.3, -0.25) is 4.72 Å². The first-order valence-electron chi connectivity index (χ1n) is 5.20. The summed E-state index contributed by atoms with van der Waals surface area (Å²) in [4.78, 5) is 14.5. The van der Waals surface area contributed by atoms with Crippen LogP contribution in [0.4, 0.5) is 5.82 Å². The average Bonchev–Trinajstić information content (AvgIpc) is 2.13. The van der Waals surface area contributed by atoms with Crippen molar-refractivity contribution in [3.63, 3.8) is 0 Å². The Morgan fingerprint density at radius 3 is 2.71 bits per heavy atom. The third-order valence-electron chi connectivity index (χ3n) is 2.74. The van der Waals surface area contributed by atoms with E-state index in [0.717, 1.165) is 6.42 Å². The monoisotopic (exact) mass is 256 g/mol. The van der Waals surface area contributed by atoms with Crippen LogP contribution in [0.2, 0.25) is 0 Å². The van der Waals surface area contributed by atoms with Crippen LogP contribution in [0.3, 0.4) is 0 Å². The van der Waals surface area contributed by atoms with Crippen LogP contribution in [0.15, 0.2) is 18.3 Å². The van der Waals surface area contributed by atoms with Gasteiger partial charge in [0.1, 0.15) is 5.82 Å². The number of rotatable bonds is 4. The van der Waals surface area contributed by atoms with Crippen LogP contribution in [-0.2, 0) is 10.0 Å². The molecule has 17 heavy (non-hydrogen) atoms. The number of carboxylic acid groups (broad SMARTS) is 1. The first kappa shape index (κ1) is 11.8. The summed E-state index contributed by atoms with van der Waals surface area (Å²) in [5, 5.41) is 8.39. The maximum Gasteiger partial charge on any atom is 0.335 e. The zero-order valence-electron chi connectivity index (χ0n) is 8.96. The van der Waals surface area contributed by atoms with Gasteiger partial charge in [-0.25, -0.2) is 18.2 Å². The Kier molecular flexibility index (Phi) is 3.01. The second-order valence-electron chi connectivity index (χ2n) is 3.93. The van der Waals surface area contributed by atoms with Crippen LogP contribution in [0.1, 0.15) is 29.6 Å². The molecule has 1 aliphatic carbocycles. The van der Waals surface area contributed by atoms with Crippen molar-refractivity contribution >= 4 is 21.8 Å². The summed E-state index contributed by atoms with van der Waals surface area (Å²) in [5.74, 6) is -1.06. The quantitative estimate of drug-likeness (QED) is 0.840. The summed E-state index contributed by atoms with van der Waals surface area (Å²) in [6.45, 7) is 0. The Labute approximate surface area is 98.7 Å². The smallest absolute Gasteiger partial charge is 0.335 e. The topological polar surface area (TPSA) is 96.4 Å². The molecule has 0 aliphatic heterocycles. The van der Waals surface area contributed by atoms with Gasteiger partial charge in [-0.05, 0) is 25.0 Å². The number of sulfonamides is 1. The van der Waals surface area contributed by atoms with Gasteiger partial charge in [0.05, 0.1) is 10.8 Å². The van der Waals surface area contributed by atoms with Gasteiger partial charge < -0.3 is 5.11 Å². The van der Waals surface area contributed by atoms with Crippen molar-refractivity contribution in [2.75, 3.05) is 4.72 Å². The fraction of sp³-hybridized carbons (Fsp3) is 0.400. The maximum absolute atomic E-state index is 11.8. The highest BCUT2D eigenvalue weighted by atomic mass is 32.2.